The number of halogens is 4. The van der Waals surface area contributed by atoms with Gasteiger partial charge in [-0.2, -0.15) is 0 Å². The number of hydrogen-bond acceptors (Lipinski definition) is 10. The van der Waals surface area contributed by atoms with Gasteiger partial charge in [0.2, 0.25) is 0 Å². The topological polar surface area (TPSA) is 166 Å². The summed E-state index contributed by atoms with van der Waals surface area (Å²) in [5, 5.41) is 13.7. The lowest BCUT2D eigenvalue weighted by Gasteiger charge is -2.33. The Morgan fingerprint density at radius 1 is 0.514 bits per heavy atom. The average molecular weight is 1100 g/mol. The van der Waals surface area contributed by atoms with Gasteiger partial charge in [-0.05, 0) is 108 Å². The van der Waals surface area contributed by atoms with Gasteiger partial charge in [0, 0.05) is 122 Å². The van der Waals surface area contributed by atoms with E-state index in [0.29, 0.717) is 138 Å². The van der Waals surface area contributed by atoms with Gasteiger partial charge in [-0.3, -0.25) is 9.59 Å². The van der Waals surface area contributed by atoms with Crippen molar-refractivity contribution in [3.8, 4) is 0 Å². The quantitative estimate of drug-likeness (QED) is 0.0488. The van der Waals surface area contributed by atoms with Crippen molar-refractivity contribution in [1.82, 2.24) is 40.9 Å². The summed E-state index contributed by atoms with van der Waals surface area (Å²) in [6.07, 6.45) is 1.39. The second-order valence-corrected chi connectivity index (χ2v) is 20.9. The molecule has 4 heterocycles. The summed E-state index contributed by atoms with van der Waals surface area (Å²) >= 11 is 25.9. The zero-order valence-corrected chi connectivity index (χ0v) is 45.1. The van der Waals surface area contributed by atoms with Gasteiger partial charge < -0.3 is 59.8 Å². The van der Waals surface area contributed by atoms with Crippen LogP contribution in [0, 0.1) is 0 Å². The summed E-state index contributed by atoms with van der Waals surface area (Å²) in [6.45, 7) is 9.67. The van der Waals surface area contributed by atoms with Crippen LogP contribution in [-0.4, -0.2) is 163 Å². The minimum absolute atomic E-state index is 0.000243. The number of unbranched alkanes of at least 4 members (excludes halogenated alkanes) is 1. The largest absolute Gasteiger partial charge is 0.377 e. The highest BCUT2D eigenvalue weighted by Crippen LogP contribution is 2.41. The first kappa shape index (κ1) is 55.5. The van der Waals surface area contributed by atoms with Crippen molar-refractivity contribution in [2.75, 3.05) is 119 Å². The average Bonchev–Trinajstić information content (AvgIpc) is 3.86. The van der Waals surface area contributed by atoms with E-state index < -0.39 is 0 Å². The maximum absolute atomic E-state index is 13.4. The fourth-order valence-electron chi connectivity index (χ4n) is 10.1. The van der Waals surface area contributed by atoms with Gasteiger partial charge in [0.1, 0.15) is 0 Å². The maximum atomic E-state index is 13.4. The minimum atomic E-state index is -0.288. The normalized spacial score (nSPS) is 17.3. The summed E-state index contributed by atoms with van der Waals surface area (Å²) in [6, 6.07) is 19.3. The van der Waals surface area contributed by atoms with Crippen LogP contribution in [0.25, 0.3) is 0 Å². The molecule has 0 aromatic heterocycles. The molecule has 0 saturated heterocycles. The second-order valence-electron chi connectivity index (χ2n) is 19.2. The number of urea groups is 2. The number of nitrogens with zero attached hydrogens (tertiary/aromatic N) is 4. The molecule has 6 amide bonds. The lowest BCUT2D eigenvalue weighted by molar-refractivity contribution is 0.0377. The van der Waals surface area contributed by atoms with E-state index in [0.717, 1.165) is 81.8 Å². The van der Waals surface area contributed by atoms with E-state index in [-0.39, 0.29) is 35.7 Å². The molecule has 398 valence electrons. The molecule has 4 N–H and O–H groups in total. The van der Waals surface area contributed by atoms with Crippen molar-refractivity contribution in [2.24, 2.45) is 0 Å². The number of carbonyl (C=O) groups excluding carboxylic acids is 4. The first-order valence-corrected chi connectivity index (χ1v) is 26.9. The molecule has 0 bridgehead atoms. The molecule has 8 rings (SSSR count). The Labute approximate surface area is 453 Å². The van der Waals surface area contributed by atoms with Gasteiger partial charge in [-0.25, -0.2) is 9.59 Å². The maximum Gasteiger partial charge on any atom is 0.314 e. The SMILES string of the molecule is CN1Cc2c(Cl)cc(Cl)cc2C(c2ccc3c(c2)C(=O)N(CCOCCOCCNC(=O)NCCCCNC(=O)NCCOCCOCCN2Cc4ccc(C5CN(C)Cc6c(Cl)cc(Cl)cc65)cc4C2=O)C3)C1. The fraction of sp³-hybridized carbons (Fsp3) is 0.481. The number of likely N-dealkylation sites (N-methyl/N-ethyl adjacent to an activating group) is 2. The van der Waals surface area contributed by atoms with E-state index >= 15 is 0 Å². The van der Waals surface area contributed by atoms with Gasteiger partial charge in [0.05, 0.1) is 52.9 Å². The smallest absolute Gasteiger partial charge is 0.314 e. The van der Waals surface area contributed by atoms with Gasteiger partial charge in [0.25, 0.3) is 11.8 Å². The molecular weight excluding hydrogens is 1030 g/mol. The summed E-state index contributed by atoms with van der Waals surface area (Å²) in [5.41, 5.74) is 9.98. The number of carbonyl (C=O) groups is 4. The Morgan fingerprint density at radius 3 is 1.32 bits per heavy atom. The number of rotatable bonds is 25. The predicted octanol–water partition coefficient (Wildman–Crippen LogP) is 7.51. The molecule has 4 aliphatic rings. The van der Waals surface area contributed by atoms with Crippen molar-refractivity contribution >= 4 is 70.3 Å². The van der Waals surface area contributed by atoms with Crippen molar-refractivity contribution in [3.05, 3.63) is 136 Å². The first-order valence-electron chi connectivity index (χ1n) is 25.3. The van der Waals surface area contributed by atoms with E-state index in [4.69, 9.17) is 65.4 Å². The molecule has 16 nitrogen and oxygen atoms in total. The van der Waals surface area contributed by atoms with Crippen LogP contribution in [0.4, 0.5) is 9.59 Å². The van der Waals surface area contributed by atoms with Crippen LogP contribution in [0.5, 0.6) is 0 Å². The number of fused-ring (bicyclic) bond motifs is 4. The molecule has 0 spiro atoms. The van der Waals surface area contributed by atoms with E-state index in [9.17, 15) is 19.2 Å². The van der Waals surface area contributed by atoms with Crippen molar-refractivity contribution in [2.45, 2.75) is 50.9 Å². The Balaban J connectivity index is 0.581. The minimum Gasteiger partial charge on any atom is -0.377 e. The highest BCUT2D eigenvalue weighted by molar-refractivity contribution is 6.35. The van der Waals surface area contributed by atoms with Gasteiger partial charge in [0.15, 0.2) is 0 Å². The molecule has 4 aromatic carbocycles. The standard InChI is InChI=1S/C54H66Cl4N8O8/c1-63-31-45(43-25-39(55)27-49(57)47(43)33-63)35-5-7-37-29-65(51(67)41(37)23-35)13-17-73-21-19-71-15-11-61-53(69)59-9-3-4-10-60-54(70)62-12-16-72-20-22-74-18-14-66-30-38-8-6-36(24-42(38)52(66)68)46-32-64(2)34-48-44(46)26-40(56)28-50(48)58/h5-8,23-28,45-46H,3-4,9-22,29-34H2,1-2H3,(H2,59,61,69)(H2,60,62,70). The zero-order chi connectivity index (χ0) is 52.1. The zero-order valence-electron chi connectivity index (χ0n) is 42.1. The predicted molar refractivity (Wildman–Crippen MR) is 287 cm³/mol. The third-order valence-corrected chi connectivity index (χ3v) is 14.9. The highest BCUT2D eigenvalue weighted by atomic mass is 35.5. The molecule has 2 atom stereocenters. The van der Waals surface area contributed by atoms with E-state index in [2.05, 4.69) is 69.4 Å². The van der Waals surface area contributed by atoms with Gasteiger partial charge >= 0.3 is 12.1 Å². The molecule has 0 radical (unpaired) electrons. The van der Waals surface area contributed by atoms with E-state index in [1.54, 1.807) is 21.9 Å². The Hall–Kier alpha value is -4.72. The summed E-state index contributed by atoms with van der Waals surface area (Å²) < 4.78 is 22.7. The van der Waals surface area contributed by atoms with E-state index in [1.807, 2.05) is 24.3 Å². The number of benzene rings is 4. The summed E-state index contributed by atoms with van der Waals surface area (Å²) in [5.74, 6) is 0.118. The molecule has 74 heavy (non-hydrogen) atoms. The lowest BCUT2D eigenvalue weighted by atomic mass is 9.84. The molecule has 0 aliphatic carbocycles. The van der Waals surface area contributed by atoms with Crippen LogP contribution in [0.1, 0.15) is 89.9 Å². The van der Waals surface area contributed by atoms with Crippen LogP contribution in [0.15, 0.2) is 60.7 Å². The van der Waals surface area contributed by atoms with Gasteiger partial charge in [-0.1, -0.05) is 70.7 Å². The molecule has 0 fully saturated rings. The summed E-state index contributed by atoms with van der Waals surface area (Å²) in [7, 11) is 4.14. The Kier molecular flexibility index (Phi) is 20.1. The fourth-order valence-corrected chi connectivity index (χ4v) is 11.2. The molecule has 2 unspecified atom stereocenters. The van der Waals surface area contributed by atoms with Crippen LogP contribution in [-0.2, 0) is 45.1 Å². The van der Waals surface area contributed by atoms with Gasteiger partial charge in [-0.15, -0.1) is 0 Å². The molecule has 4 aromatic rings. The first-order chi connectivity index (χ1) is 35.8. The lowest BCUT2D eigenvalue weighted by Crippen LogP contribution is -2.39. The van der Waals surface area contributed by atoms with Crippen molar-refractivity contribution < 1.29 is 38.1 Å². The van der Waals surface area contributed by atoms with E-state index in [1.165, 1.54) is 0 Å². The van der Waals surface area contributed by atoms with Crippen molar-refractivity contribution in [1.29, 1.82) is 0 Å². The van der Waals surface area contributed by atoms with Crippen molar-refractivity contribution in [3.63, 3.8) is 0 Å². The molecule has 20 heteroatoms. The number of hydrogen-bond donors (Lipinski definition) is 4. The number of amides is 6. The molecule has 4 aliphatic heterocycles. The third kappa shape index (κ3) is 14.6. The summed E-state index contributed by atoms with van der Waals surface area (Å²) in [4.78, 5) is 59.2. The third-order valence-electron chi connectivity index (χ3n) is 13.8. The second kappa shape index (κ2) is 26.9. The molecular formula is C54H66Cl4N8O8. The number of nitrogens with one attached hydrogen (secondary N) is 4. The van der Waals surface area contributed by atoms with Crippen LogP contribution < -0.4 is 21.3 Å². The monoisotopic (exact) mass is 1090 g/mol. The van der Waals surface area contributed by atoms with Crippen LogP contribution in [0.3, 0.4) is 0 Å². The molecule has 0 saturated carbocycles. The highest BCUT2D eigenvalue weighted by Gasteiger charge is 2.33. The Morgan fingerprint density at radius 2 is 0.905 bits per heavy atom. The Bertz CT molecular complexity index is 2470. The van der Waals surface area contributed by atoms with Crippen LogP contribution in [0.2, 0.25) is 20.1 Å². The van der Waals surface area contributed by atoms with Crippen LogP contribution >= 0.6 is 46.4 Å². The number of ether oxygens (including phenoxy) is 4.